The third-order valence-electron chi connectivity index (χ3n) is 4.49. The lowest BCUT2D eigenvalue weighted by atomic mass is 9.96. The van der Waals surface area contributed by atoms with Crippen LogP contribution in [0.4, 0.5) is 5.82 Å². The highest BCUT2D eigenvalue weighted by Gasteiger charge is 2.27. The molecule has 0 spiro atoms. The number of pyridine rings is 1. The Morgan fingerprint density at radius 1 is 1.25 bits per heavy atom. The predicted molar refractivity (Wildman–Crippen MR) is 88.1 cm³/mol. The molecule has 7 heteroatoms. The minimum atomic E-state index is -0.541. The summed E-state index contributed by atoms with van der Waals surface area (Å²) in [6.07, 6.45) is 5.42. The molecule has 0 unspecified atom stereocenters. The summed E-state index contributed by atoms with van der Waals surface area (Å²) in [5, 5.41) is 14.6. The van der Waals surface area contributed by atoms with Gasteiger partial charge in [-0.3, -0.25) is 9.59 Å². The number of aromatic nitrogens is 1. The topological polar surface area (TPSA) is 98.1 Å². The number of rotatable bonds is 4. The maximum Gasteiger partial charge on any atom is 0.309 e. The van der Waals surface area contributed by atoms with Crippen molar-refractivity contribution in [1.29, 1.82) is 5.26 Å². The standard InChI is InChI=1S/C17H21N5O2/c18-10-13-2-1-7-19-15(13)22-8-5-12(6-9-22)11-20-16(23)17(24)21-14-3-4-14/h1-2,7,12,14H,3-6,8-9,11H2,(H,20,23)(H,21,24). The molecule has 2 N–H and O–H groups in total. The molecule has 1 aromatic heterocycles. The van der Waals surface area contributed by atoms with Crippen LogP contribution >= 0.6 is 0 Å². The smallest absolute Gasteiger partial charge is 0.309 e. The van der Waals surface area contributed by atoms with E-state index in [0.29, 0.717) is 18.0 Å². The highest BCUT2D eigenvalue weighted by molar-refractivity contribution is 6.35. The average molecular weight is 327 g/mol. The number of amides is 2. The Bertz CT molecular complexity index is 657. The molecule has 2 heterocycles. The maximum atomic E-state index is 11.7. The van der Waals surface area contributed by atoms with Gasteiger partial charge in [0.1, 0.15) is 11.9 Å². The maximum absolute atomic E-state index is 11.7. The number of carbonyl (C=O) groups excluding carboxylic acids is 2. The Hall–Kier alpha value is -2.62. The zero-order valence-electron chi connectivity index (χ0n) is 13.5. The molecule has 1 aromatic rings. The summed E-state index contributed by atoms with van der Waals surface area (Å²) >= 11 is 0. The van der Waals surface area contributed by atoms with Crippen LogP contribution in [0.25, 0.3) is 0 Å². The fourth-order valence-corrected chi connectivity index (χ4v) is 2.88. The van der Waals surface area contributed by atoms with Crippen molar-refractivity contribution in [3.8, 4) is 6.07 Å². The molecule has 1 aliphatic carbocycles. The van der Waals surface area contributed by atoms with Crippen molar-refractivity contribution in [1.82, 2.24) is 15.6 Å². The first-order valence-electron chi connectivity index (χ1n) is 8.36. The molecule has 3 rings (SSSR count). The van der Waals surface area contributed by atoms with Gasteiger partial charge in [0.2, 0.25) is 0 Å². The molecule has 2 aliphatic rings. The van der Waals surface area contributed by atoms with Gasteiger partial charge in [-0.05, 0) is 43.7 Å². The molecule has 2 fully saturated rings. The van der Waals surface area contributed by atoms with Gasteiger partial charge in [0, 0.05) is 31.9 Å². The van der Waals surface area contributed by atoms with Crippen LogP contribution in [0.15, 0.2) is 18.3 Å². The van der Waals surface area contributed by atoms with Gasteiger partial charge < -0.3 is 15.5 Å². The molecule has 0 radical (unpaired) electrons. The summed E-state index contributed by atoms with van der Waals surface area (Å²) in [5.74, 6) is 0.00220. The van der Waals surface area contributed by atoms with E-state index in [-0.39, 0.29) is 6.04 Å². The summed E-state index contributed by atoms with van der Waals surface area (Å²) in [7, 11) is 0. The first kappa shape index (κ1) is 16.2. The second kappa shape index (κ2) is 7.30. The van der Waals surface area contributed by atoms with E-state index in [0.717, 1.165) is 44.6 Å². The first-order valence-corrected chi connectivity index (χ1v) is 8.36. The SMILES string of the molecule is N#Cc1cccnc1N1CCC(CNC(=O)C(=O)NC2CC2)CC1. The number of hydrogen-bond donors (Lipinski definition) is 2. The van der Waals surface area contributed by atoms with Crippen molar-refractivity contribution >= 4 is 17.6 Å². The second-order valence-electron chi connectivity index (χ2n) is 6.37. The lowest BCUT2D eigenvalue weighted by Crippen LogP contribution is -2.44. The van der Waals surface area contributed by atoms with Gasteiger partial charge in [-0.25, -0.2) is 4.98 Å². The molecule has 0 aromatic carbocycles. The highest BCUT2D eigenvalue weighted by atomic mass is 16.2. The molecular weight excluding hydrogens is 306 g/mol. The lowest BCUT2D eigenvalue weighted by Gasteiger charge is -2.33. The van der Waals surface area contributed by atoms with Crippen molar-refractivity contribution in [2.24, 2.45) is 5.92 Å². The molecule has 0 bridgehead atoms. The minimum Gasteiger partial charge on any atom is -0.356 e. The number of carbonyl (C=O) groups is 2. The summed E-state index contributed by atoms with van der Waals surface area (Å²) in [4.78, 5) is 29.8. The monoisotopic (exact) mass is 327 g/mol. The molecule has 1 aliphatic heterocycles. The van der Waals surface area contributed by atoms with E-state index in [1.54, 1.807) is 18.3 Å². The number of nitriles is 1. The van der Waals surface area contributed by atoms with Gasteiger partial charge in [0.05, 0.1) is 5.56 Å². The Kier molecular flexibility index (Phi) is 4.94. The van der Waals surface area contributed by atoms with Crippen LogP contribution in [0.1, 0.15) is 31.2 Å². The van der Waals surface area contributed by atoms with Gasteiger partial charge >= 0.3 is 11.8 Å². The van der Waals surface area contributed by atoms with E-state index < -0.39 is 11.8 Å². The van der Waals surface area contributed by atoms with Crippen molar-refractivity contribution in [3.63, 3.8) is 0 Å². The molecule has 0 atom stereocenters. The van der Waals surface area contributed by atoms with Crippen molar-refractivity contribution in [2.45, 2.75) is 31.7 Å². The van der Waals surface area contributed by atoms with Gasteiger partial charge in [-0.2, -0.15) is 5.26 Å². The average Bonchev–Trinajstić information content (AvgIpc) is 3.44. The Balaban J connectivity index is 1.44. The Labute approximate surface area is 141 Å². The van der Waals surface area contributed by atoms with E-state index in [9.17, 15) is 9.59 Å². The normalized spacial score (nSPS) is 17.9. The van der Waals surface area contributed by atoms with E-state index in [1.165, 1.54) is 0 Å². The summed E-state index contributed by atoms with van der Waals surface area (Å²) in [6.45, 7) is 2.10. The van der Waals surface area contributed by atoms with Gasteiger partial charge in [-0.15, -0.1) is 0 Å². The molecule has 24 heavy (non-hydrogen) atoms. The second-order valence-corrected chi connectivity index (χ2v) is 6.37. The summed E-state index contributed by atoms with van der Waals surface area (Å²) < 4.78 is 0. The zero-order chi connectivity index (χ0) is 16.9. The van der Waals surface area contributed by atoms with Crippen LogP contribution in [0.5, 0.6) is 0 Å². The zero-order valence-corrected chi connectivity index (χ0v) is 13.5. The quantitative estimate of drug-likeness (QED) is 0.788. The fourth-order valence-electron chi connectivity index (χ4n) is 2.88. The Morgan fingerprint density at radius 3 is 2.67 bits per heavy atom. The van der Waals surface area contributed by atoms with Gasteiger partial charge in [0.25, 0.3) is 0 Å². The molecular formula is C17H21N5O2. The number of piperidine rings is 1. The van der Waals surface area contributed by atoms with Crippen molar-refractivity contribution < 1.29 is 9.59 Å². The minimum absolute atomic E-state index is 0.194. The summed E-state index contributed by atoms with van der Waals surface area (Å²) in [5.41, 5.74) is 0.584. The van der Waals surface area contributed by atoms with Crippen LogP contribution in [-0.2, 0) is 9.59 Å². The van der Waals surface area contributed by atoms with Crippen LogP contribution in [0.3, 0.4) is 0 Å². The molecule has 1 saturated heterocycles. The fraction of sp³-hybridized carbons (Fsp3) is 0.529. The third-order valence-corrected chi connectivity index (χ3v) is 4.49. The van der Waals surface area contributed by atoms with E-state index in [4.69, 9.17) is 5.26 Å². The van der Waals surface area contributed by atoms with E-state index in [1.807, 2.05) is 0 Å². The van der Waals surface area contributed by atoms with Gasteiger partial charge in [-0.1, -0.05) is 0 Å². The van der Waals surface area contributed by atoms with Gasteiger partial charge in [0.15, 0.2) is 0 Å². The van der Waals surface area contributed by atoms with Crippen LogP contribution in [0.2, 0.25) is 0 Å². The number of hydrogen-bond acceptors (Lipinski definition) is 5. The van der Waals surface area contributed by atoms with Crippen LogP contribution in [-0.4, -0.2) is 42.5 Å². The van der Waals surface area contributed by atoms with E-state index >= 15 is 0 Å². The van der Waals surface area contributed by atoms with Crippen molar-refractivity contribution in [2.75, 3.05) is 24.5 Å². The number of nitrogens with zero attached hydrogens (tertiary/aromatic N) is 3. The largest absolute Gasteiger partial charge is 0.356 e. The molecule has 7 nitrogen and oxygen atoms in total. The predicted octanol–water partition coefficient (Wildman–Crippen LogP) is 0.564. The van der Waals surface area contributed by atoms with E-state index in [2.05, 4.69) is 26.6 Å². The lowest BCUT2D eigenvalue weighted by molar-refractivity contribution is -0.139. The Morgan fingerprint density at radius 2 is 2.00 bits per heavy atom. The molecule has 126 valence electrons. The molecule has 2 amide bonds. The highest BCUT2D eigenvalue weighted by Crippen LogP contribution is 2.23. The molecule has 1 saturated carbocycles. The number of anilines is 1. The van der Waals surface area contributed by atoms with Crippen LogP contribution < -0.4 is 15.5 Å². The summed E-state index contributed by atoms with van der Waals surface area (Å²) in [6, 6.07) is 5.90. The van der Waals surface area contributed by atoms with Crippen molar-refractivity contribution in [3.05, 3.63) is 23.9 Å². The first-order chi connectivity index (χ1) is 11.7. The van der Waals surface area contributed by atoms with Crippen LogP contribution in [0, 0.1) is 17.2 Å². The number of nitrogens with one attached hydrogen (secondary N) is 2. The third kappa shape index (κ3) is 4.02.